The minimum absolute atomic E-state index is 0.0547. The first kappa shape index (κ1) is 13.0. The Bertz CT molecular complexity index is 587. The van der Waals surface area contributed by atoms with Crippen LogP contribution < -0.4 is 4.74 Å². The first-order valence-corrected chi connectivity index (χ1v) is 5.95. The molecule has 0 aliphatic rings. The summed E-state index contributed by atoms with van der Waals surface area (Å²) in [5.74, 6) is 0.0547. The van der Waals surface area contributed by atoms with Crippen LogP contribution in [-0.4, -0.2) is 11.6 Å². The van der Waals surface area contributed by atoms with Crippen LogP contribution >= 0.6 is 11.6 Å². The predicted molar refractivity (Wildman–Crippen MR) is 67.5 cm³/mol. The van der Waals surface area contributed by atoms with Crippen molar-refractivity contribution in [1.82, 2.24) is 4.98 Å². The number of nitrogens with zero attached hydrogens (tertiary/aromatic N) is 1. The predicted octanol–water partition coefficient (Wildman–Crippen LogP) is 4.36. The molecule has 0 amide bonds. The standard InChI is InChI=1S/C13H12ClF2NO/c1-3-9-7(2)11(14)8-5-4-6-10(12(8)17-9)18-13(15)16/h4-6,13H,3H2,1-2H3. The summed E-state index contributed by atoms with van der Waals surface area (Å²) >= 11 is 6.24. The van der Waals surface area contributed by atoms with Gasteiger partial charge in [0.2, 0.25) is 0 Å². The van der Waals surface area contributed by atoms with Crippen LogP contribution in [0.2, 0.25) is 5.02 Å². The molecular formula is C13H12ClF2NO. The fraction of sp³-hybridized carbons (Fsp3) is 0.308. The van der Waals surface area contributed by atoms with Crippen LogP contribution in [0.5, 0.6) is 5.75 Å². The van der Waals surface area contributed by atoms with E-state index in [0.717, 1.165) is 11.3 Å². The Hall–Kier alpha value is -1.42. The summed E-state index contributed by atoms with van der Waals surface area (Å²) in [7, 11) is 0. The van der Waals surface area contributed by atoms with Crippen LogP contribution in [-0.2, 0) is 6.42 Å². The number of hydrogen-bond donors (Lipinski definition) is 0. The molecule has 2 nitrogen and oxygen atoms in total. The zero-order chi connectivity index (χ0) is 13.3. The Morgan fingerprint density at radius 1 is 1.39 bits per heavy atom. The molecule has 0 saturated carbocycles. The maximum absolute atomic E-state index is 12.3. The molecule has 0 radical (unpaired) electrons. The summed E-state index contributed by atoms with van der Waals surface area (Å²) in [5.41, 5.74) is 2.05. The number of ether oxygens (including phenoxy) is 1. The van der Waals surface area contributed by atoms with Crippen molar-refractivity contribution in [2.75, 3.05) is 0 Å². The molecule has 0 spiro atoms. The zero-order valence-electron chi connectivity index (χ0n) is 10.0. The Morgan fingerprint density at radius 3 is 2.72 bits per heavy atom. The molecule has 96 valence electrons. The molecule has 0 saturated heterocycles. The highest BCUT2D eigenvalue weighted by molar-refractivity contribution is 6.36. The summed E-state index contributed by atoms with van der Waals surface area (Å²) in [4.78, 5) is 4.36. The van der Waals surface area contributed by atoms with E-state index in [2.05, 4.69) is 9.72 Å². The number of alkyl halides is 2. The van der Waals surface area contributed by atoms with Crippen molar-refractivity contribution in [3.8, 4) is 5.75 Å². The molecule has 0 aliphatic heterocycles. The maximum atomic E-state index is 12.3. The SMILES string of the molecule is CCc1nc2c(OC(F)F)cccc2c(Cl)c1C. The second-order valence-corrected chi connectivity index (χ2v) is 4.26. The van der Waals surface area contributed by atoms with Gasteiger partial charge in [-0.25, -0.2) is 4.98 Å². The summed E-state index contributed by atoms with van der Waals surface area (Å²) in [6.07, 6.45) is 0.685. The fourth-order valence-corrected chi connectivity index (χ4v) is 2.16. The highest BCUT2D eigenvalue weighted by Gasteiger charge is 2.14. The molecule has 0 aliphatic carbocycles. The molecule has 2 aromatic rings. The van der Waals surface area contributed by atoms with Crippen LogP contribution in [0.15, 0.2) is 18.2 Å². The molecule has 0 unspecified atom stereocenters. The lowest BCUT2D eigenvalue weighted by Gasteiger charge is -2.12. The summed E-state index contributed by atoms with van der Waals surface area (Å²) in [6, 6.07) is 4.83. The molecule has 0 N–H and O–H groups in total. The van der Waals surface area contributed by atoms with E-state index in [1.54, 1.807) is 12.1 Å². The number of aryl methyl sites for hydroxylation is 1. The van der Waals surface area contributed by atoms with E-state index in [1.807, 2.05) is 13.8 Å². The van der Waals surface area contributed by atoms with Crippen molar-refractivity contribution >= 4 is 22.5 Å². The topological polar surface area (TPSA) is 22.1 Å². The van der Waals surface area contributed by atoms with Gasteiger partial charge in [-0.05, 0) is 25.0 Å². The second kappa shape index (κ2) is 5.06. The van der Waals surface area contributed by atoms with Gasteiger partial charge in [0, 0.05) is 11.1 Å². The fourth-order valence-electron chi connectivity index (χ4n) is 1.90. The summed E-state index contributed by atoms with van der Waals surface area (Å²) in [5, 5.41) is 1.17. The Balaban J connectivity index is 2.72. The largest absolute Gasteiger partial charge is 0.432 e. The van der Waals surface area contributed by atoms with Gasteiger partial charge >= 0.3 is 6.61 Å². The van der Waals surface area contributed by atoms with Crippen molar-refractivity contribution in [2.24, 2.45) is 0 Å². The third-order valence-corrected chi connectivity index (χ3v) is 3.28. The van der Waals surface area contributed by atoms with Crippen LogP contribution in [0.1, 0.15) is 18.2 Å². The number of hydrogen-bond acceptors (Lipinski definition) is 2. The lowest BCUT2D eigenvalue weighted by Crippen LogP contribution is -2.04. The van der Waals surface area contributed by atoms with E-state index in [1.165, 1.54) is 6.07 Å². The number of para-hydroxylation sites is 1. The number of benzene rings is 1. The molecule has 2 rings (SSSR count). The third-order valence-electron chi connectivity index (χ3n) is 2.80. The van der Waals surface area contributed by atoms with E-state index in [-0.39, 0.29) is 5.75 Å². The van der Waals surface area contributed by atoms with Crippen molar-refractivity contribution in [3.63, 3.8) is 0 Å². The van der Waals surface area contributed by atoms with Crippen LogP contribution in [0.4, 0.5) is 8.78 Å². The van der Waals surface area contributed by atoms with Gasteiger partial charge in [0.25, 0.3) is 0 Å². The minimum Gasteiger partial charge on any atom is -0.432 e. The van der Waals surface area contributed by atoms with Crippen LogP contribution in [0.25, 0.3) is 10.9 Å². The van der Waals surface area contributed by atoms with Gasteiger partial charge in [-0.15, -0.1) is 0 Å². The van der Waals surface area contributed by atoms with Crippen molar-refractivity contribution in [1.29, 1.82) is 0 Å². The molecule has 0 atom stereocenters. The normalized spacial score (nSPS) is 11.2. The smallest absolute Gasteiger partial charge is 0.387 e. The Labute approximate surface area is 109 Å². The first-order valence-electron chi connectivity index (χ1n) is 5.57. The van der Waals surface area contributed by atoms with E-state index in [4.69, 9.17) is 11.6 Å². The molecule has 1 aromatic heterocycles. The lowest BCUT2D eigenvalue weighted by molar-refractivity contribution is -0.0489. The van der Waals surface area contributed by atoms with Gasteiger partial charge in [-0.2, -0.15) is 8.78 Å². The molecule has 5 heteroatoms. The molecule has 1 aromatic carbocycles. The zero-order valence-corrected chi connectivity index (χ0v) is 10.8. The Kier molecular flexibility index (Phi) is 3.66. The molecule has 1 heterocycles. The number of pyridine rings is 1. The Morgan fingerprint density at radius 2 is 2.11 bits per heavy atom. The van der Waals surface area contributed by atoms with Gasteiger partial charge < -0.3 is 4.74 Å². The van der Waals surface area contributed by atoms with Crippen LogP contribution in [0.3, 0.4) is 0 Å². The average molecular weight is 272 g/mol. The first-order chi connectivity index (χ1) is 8.54. The number of fused-ring (bicyclic) bond motifs is 1. The third kappa shape index (κ3) is 2.25. The van der Waals surface area contributed by atoms with Crippen molar-refractivity contribution in [3.05, 3.63) is 34.5 Å². The van der Waals surface area contributed by atoms with E-state index in [9.17, 15) is 8.78 Å². The van der Waals surface area contributed by atoms with E-state index in [0.29, 0.717) is 22.3 Å². The van der Waals surface area contributed by atoms with E-state index < -0.39 is 6.61 Å². The molecular weight excluding hydrogens is 260 g/mol. The van der Waals surface area contributed by atoms with Gasteiger partial charge in [0.05, 0.1) is 5.02 Å². The van der Waals surface area contributed by atoms with E-state index >= 15 is 0 Å². The number of halogens is 3. The van der Waals surface area contributed by atoms with Gasteiger partial charge in [0.1, 0.15) is 5.52 Å². The van der Waals surface area contributed by atoms with Crippen molar-refractivity contribution in [2.45, 2.75) is 26.9 Å². The molecule has 0 bridgehead atoms. The lowest BCUT2D eigenvalue weighted by atomic mass is 10.1. The minimum atomic E-state index is -2.87. The summed E-state index contributed by atoms with van der Waals surface area (Å²) < 4.78 is 29.1. The van der Waals surface area contributed by atoms with Crippen LogP contribution in [0, 0.1) is 6.92 Å². The highest BCUT2D eigenvalue weighted by atomic mass is 35.5. The highest BCUT2D eigenvalue weighted by Crippen LogP contribution is 2.33. The van der Waals surface area contributed by atoms with Crippen molar-refractivity contribution < 1.29 is 13.5 Å². The second-order valence-electron chi connectivity index (χ2n) is 3.88. The van der Waals surface area contributed by atoms with Gasteiger partial charge in [0.15, 0.2) is 5.75 Å². The van der Waals surface area contributed by atoms with Gasteiger partial charge in [-0.1, -0.05) is 30.7 Å². The maximum Gasteiger partial charge on any atom is 0.387 e. The number of aromatic nitrogens is 1. The molecule has 18 heavy (non-hydrogen) atoms. The molecule has 0 fully saturated rings. The summed E-state index contributed by atoms with van der Waals surface area (Å²) in [6.45, 7) is 0.935. The quantitative estimate of drug-likeness (QED) is 0.827. The number of rotatable bonds is 3. The van der Waals surface area contributed by atoms with Gasteiger partial charge in [-0.3, -0.25) is 0 Å². The monoisotopic (exact) mass is 271 g/mol. The average Bonchev–Trinajstić information content (AvgIpc) is 2.33.